The molecule has 24 heavy (non-hydrogen) atoms. The molecule has 0 bridgehead atoms. The second-order valence-corrected chi connectivity index (χ2v) is 6.78. The molecule has 1 saturated heterocycles. The minimum absolute atomic E-state index is 0.0968. The number of benzene rings is 1. The fraction of sp³-hybridized carbons (Fsp3) is 0.556. The summed E-state index contributed by atoms with van der Waals surface area (Å²) in [4.78, 5) is 29.4. The number of anilines is 1. The fourth-order valence-electron chi connectivity index (χ4n) is 3.52. The Morgan fingerprint density at radius 1 is 1.38 bits per heavy atom. The third-order valence-electron chi connectivity index (χ3n) is 4.84. The standard InChI is InChI=1S/C18H26N4O2/c1-3-6-16-17(23)20-15-8-5-4-7-13(15)11-22(16)18(24)19-14-9-10-21(2)12-14/h4-5,7-8,14,16H,3,6,9-12H2,1-2H3,(H,19,24)(H,20,23)/t14-,16-/m0/s1. The zero-order valence-electron chi connectivity index (χ0n) is 14.4. The van der Waals surface area contributed by atoms with Gasteiger partial charge in [0, 0.05) is 18.3 Å². The molecule has 1 fully saturated rings. The molecular formula is C18H26N4O2. The first-order valence-corrected chi connectivity index (χ1v) is 8.73. The van der Waals surface area contributed by atoms with Crippen LogP contribution in [0.4, 0.5) is 10.5 Å². The van der Waals surface area contributed by atoms with E-state index in [1.165, 1.54) is 0 Å². The van der Waals surface area contributed by atoms with Gasteiger partial charge < -0.3 is 20.4 Å². The van der Waals surface area contributed by atoms with Gasteiger partial charge >= 0.3 is 6.03 Å². The van der Waals surface area contributed by atoms with Crippen LogP contribution in [0.15, 0.2) is 24.3 Å². The lowest BCUT2D eigenvalue weighted by atomic mass is 10.1. The summed E-state index contributed by atoms with van der Waals surface area (Å²) in [5, 5.41) is 6.09. The average molecular weight is 330 g/mol. The Morgan fingerprint density at radius 2 is 2.17 bits per heavy atom. The van der Waals surface area contributed by atoms with Crippen molar-refractivity contribution >= 4 is 17.6 Å². The van der Waals surface area contributed by atoms with E-state index in [0.29, 0.717) is 13.0 Å². The molecule has 2 heterocycles. The van der Waals surface area contributed by atoms with Gasteiger partial charge in [0.2, 0.25) is 5.91 Å². The van der Waals surface area contributed by atoms with Crippen molar-refractivity contribution in [2.45, 2.75) is 44.8 Å². The first-order chi connectivity index (χ1) is 11.6. The molecule has 0 aliphatic carbocycles. The predicted octanol–water partition coefficient (Wildman–Crippen LogP) is 2.02. The SMILES string of the molecule is CCC[C@H]1C(=O)Nc2ccccc2CN1C(=O)N[C@H]1CCN(C)C1. The number of nitrogens with zero attached hydrogens (tertiary/aromatic N) is 2. The highest BCUT2D eigenvalue weighted by molar-refractivity contribution is 5.98. The summed E-state index contributed by atoms with van der Waals surface area (Å²) in [5.74, 6) is -0.0968. The summed E-state index contributed by atoms with van der Waals surface area (Å²) in [6, 6.07) is 7.29. The molecule has 0 aromatic heterocycles. The Balaban J connectivity index is 1.81. The van der Waals surface area contributed by atoms with E-state index >= 15 is 0 Å². The molecule has 6 heteroatoms. The first kappa shape index (κ1) is 16.8. The molecule has 2 aliphatic heterocycles. The number of urea groups is 1. The second-order valence-electron chi connectivity index (χ2n) is 6.78. The Bertz CT molecular complexity index is 619. The van der Waals surface area contributed by atoms with Crippen LogP contribution in [0.5, 0.6) is 0 Å². The summed E-state index contributed by atoms with van der Waals surface area (Å²) in [7, 11) is 2.06. The maximum atomic E-state index is 12.9. The monoisotopic (exact) mass is 330 g/mol. The van der Waals surface area contributed by atoms with E-state index in [2.05, 4.69) is 22.6 Å². The molecule has 2 atom stereocenters. The molecule has 2 N–H and O–H groups in total. The Labute approximate surface area is 143 Å². The molecule has 0 unspecified atom stereocenters. The van der Waals surface area contributed by atoms with Gasteiger partial charge in [0.05, 0.1) is 6.54 Å². The first-order valence-electron chi connectivity index (χ1n) is 8.73. The molecule has 3 amide bonds. The molecule has 3 rings (SSSR count). The number of nitrogens with one attached hydrogen (secondary N) is 2. The normalized spacial score (nSPS) is 24.2. The maximum absolute atomic E-state index is 12.9. The van der Waals surface area contributed by atoms with Crippen LogP contribution in [-0.2, 0) is 11.3 Å². The lowest BCUT2D eigenvalue weighted by Crippen LogP contribution is -2.52. The number of hydrogen-bond donors (Lipinski definition) is 2. The largest absolute Gasteiger partial charge is 0.334 e. The summed E-state index contributed by atoms with van der Waals surface area (Å²) in [5.41, 5.74) is 1.78. The zero-order chi connectivity index (χ0) is 17.1. The van der Waals surface area contributed by atoms with Gasteiger partial charge in [0.15, 0.2) is 0 Å². The highest BCUT2D eigenvalue weighted by Crippen LogP contribution is 2.25. The minimum Gasteiger partial charge on any atom is -0.334 e. The molecule has 0 radical (unpaired) electrons. The number of hydrogen-bond acceptors (Lipinski definition) is 3. The summed E-state index contributed by atoms with van der Waals surface area (Å²) < 4.78 is 0. The lowest BCUT2D eigenvalue weighted by Gasteiger charge is -2.30. The van der Waals surface area contributed by atoms with E-state index in [1.807, 2.05) is 31.2 Å². The number of fused-ring (bicyclic) bond motifs is 1. The minimum atomic E-state index is -0.429. The van der Waals surface area contributed by atoms with E-state index in [-0.39, 0.29) is 18.0 Å². The van der Waals surface area contributed by atoms with Crippen LogP contribution in [0.3, 0.4) is 0 Å². The van der Waals surface area contributed by atoms with Crippen LogP contribution < -0.4 is 10.6 Å². The molecule has 130 valence electrons. The third kappa shape index (κ3) is 3.53. The van der Waals surface area contributed by atoms with Crippen molar-refractivity contribution in [1.29, 1.82) is 0 Å². The topological polar surface area (TPSA) is 64.7 Å². The van der Waals surface area contributed by atoms with Crippen LogP contribution in [0.2, 0.25) is 0 Å². The van der Waals surface area contributed by atoms with Crippen LogP contribution in [0.25, 0.3) is 0 Å². The zero-order valence-corrected chi connectivity index (χ0v) is 14.4. The van der Waals surface area contributed by atoms with Crippen molar-refractivity contribution in [1.82, 2.24) is 15.1 Å². The number of likely N-dealkylation sites (tertiary alicyclic amines) is 1. The van der Waals surface area contributed by atoms with Gasteiger partial charge in [-0.05, 0) is 38.1 Å². The molecular weight excluding hydrogens is 304 g/mol. The van der Waals surface area contributed by atoms with E-state index in [9.17, 15) is 9.59 Å². The Hall–Kier alpha value is -2.08. The Morgan fingerprint density at radius 3 is 2.88 bits per heavy atom. The van der Waals surface area contributed by atoms with Gasteiger partial charge in [-0.1, -0.05) is 31.5 Å². The number of carbonyl (C=O) groups excluding carboxylic acids is 2. The van der Waals surface area contributed by atoms with Crippen molar-refractivity contribution in [2.75, 3.05) is 25.5 Å². The summed E-state index contributed by atoms with van der Waals surface area (Å²) in [6.07, 6.45) is 2.47. The molecule has 6 nitrogen and oxygen atoms in total. The molecule has 0 saturated carbocycles. The van der Waals surface area contributed by atoms with Crippen LogP contribution in [-0.4, -0.2) is 54.0 Å². The van der Waals surface area contributed by atoms with Crippen molar-refractivity contribution < 1.29 is 9.59 Å². The number of likely N-dealkylation sites (N-methyl/N-ethyl adjacent to an activating group) is 1. The van der Waals surface area contributed by atoms with E-state index < -0.39 is 6.04 Å². The van der Waals surface area contributed by atoms with Crippen LogP contribution in [0, 0.1) is 0 Å². The number of rotatable bonds is 3. The number of carbonyl (C=O) groups is 2. The molecule has 2 aliphatic rings. The van der Waals surface area contributed by atoms with Crippen LogP contribution in [0.1, 0.15) is 31.7 Å². The summed E-state index contributed by atoms with van der Waals surface area (Å²) >= 11 is 0. The predicted molar refractivity (Wildman–Crippen MR) is 93.7 cm³/mol. The van der Waals surface area contributed by atoms with Gasteiger partial charge in [-0.2, -0.15) is 0 Å². The van der Waals surface area contributed by atoms with Gasteiger partial charge in [-0.15, -0.1) is 0 Å². The van der Waals surface area contributed by atoms with Gasteiger partial charge in [0.1, 0.15) is 6.04 Å². The van der Waals surface area contributed by atoms with Gasteiger partial charge in [0.25, 0.3) is 0 Å². The summed E-state index contributed by atoms with van der Waals surface area (Å²) in [6.45, 7) is 4.34. The maximum Gasteiger partial charge on any atom is 0.318 e. The molecule has 1 aromatic rings. The van der Waals surface area contributed by atoms with Crippen LogP contribution >= 0.6 is 0 Å². The van der Waals surface area contributed by atoms with Crippen molar-refractivity contribution in [3.8, 4) is 0 Å². The lowest BCUT2D eigenvalue weighted by molar-refractivity contribution is -0.120. The van der Waals surface area contributed by atoms with Gasteiger partial charge in [-0.3, -0.25) is 4.79 Å². The quantitative estimate of drug-likeness (QED) is 0.891. The van der Waals surface area contributed by atoms with E-state index in [1.54, 1.807) is 4.90 Å². The average Bonchev–Trinajstić information content (AvgIpc) is 2.90. The molecule has 1 aromatic carbocycles. The number of amides is 3. The van der Waals surface area contributed by atoms with Crippen molar-refractivity contribution in [3.63, 3.8) is 0 Å². The smallest absolute Gasteiger partial charge is 0.318 e. The van der Waals surface area contributed by atoms with E-state index in [4.69, 9.17) is 0 Å². The number of para-hydroxylation sites is 1. The highest BCUT2D eigenvalue weighted by atomic mass is 16.2. The van der Waals surface area contributed by atoms with Crippen molar-refractivity contribution in [2.24, 2.45) is 0 Å². The fourth-order valence-corrected chi connectivity index (χ4v) is 3.52. The highest BCUT2D eigenvalue weighted by Gasteiger charge is 2.34. The Kier molecular flexibility index (Phi) is 5.04. The van der Waals surface area contributed by atoms with Crippen molar-refractivity contribution in [3.05, 3.63) is 29.8 Å². The third-order valence-corrected chi connectivity index (χ3v) is 4.84. The molecule has 0 spiro atoms. The second kappa shape index (κ2) is 7.21. The van der Waals surface area contributed by atoms with Gasteiger partial charge in [-0.25, -0.2) is 4.79 Å². The van der Waals surface area contributed by atoms with E-state index in [0.717, 1.165) is 37.2 Å².